The molecule has 0 spiro atoms. The normalized spacial score (nSPS) is 13.6. The predicted molar refractivity (Wildman–Crippen MR) is 69.9 cm³/mol. The highest BCUT2D eigenvalue weighted by Crippen LogP contribution is 2.30. The van der Waals surface area contributed by atoms with Crippen LogP contribution in [0, 0.1) is 0 Å². The van der Waals surface area contributed by atoms with Gasteiger partial charge in [0.05, 0.1) is 0 Å². The van der Waals surface area contributed by atoms with Crippen LogP contribution < -0.4 is 5.73 Å². The second kappa shape index (κ2) is 6.74. The van der Waals surface area contributed by atoms with E-state index in [9.17, 15) is 0 Å². The van der Waals surface area contributed by atoms with Gasteiger partial charge in [0, 0.05) is 20.6 Å². The van der Waals surface area contributed by atoms with Gasteiger partial charge in [-0.3, -0.25) is 0 Å². The lowest BCUT2D eigenvalue weighted by molar-refractivity contribution is -0.200. The SMILES string of the molecule is COC(C)(CC(CCN)c1ccccc1)OC. The van der Waals surface area contributed by atoms with E-state index in [-0.39, 0.29) is 0 Å². The molecule has 1 rings (SSSR count). The molecule has 2 N–H and O–H groups in total. The minimum Gasteiger partial charge on any atom is -0.353 e. The Morgan fingerprint density at radius 2 is 1.76 bits per heavy atom. The van der Waals surface area contributed by atoms with Crippen LogP contribution in [-0.4, -0.2) is 26.6 Å². The summed E-state index contributed by atoms with van der Waals surface area (Å²) in [5.41, 5.74) is 6.98. The van der Waals surface area contributed by atoms with Gasteiger partial charge in [-0.05, 0) is 31.4 Å². The van der Waals surface area contributed by atoms with Gasteiger partial charge < -0.3 is 15.2 Å². The molecule has 1 aromatic rings. The van der Waals surface area contributed by atoms with Crippen molar-refractivity contribution in [1.29, 1.82) is 0 Å². The molecule has 0 radical (unpaired) electrons. The van der Waals surface area contributed by atoms with Crippen LogP contribution in [0.4, 0.5) is 0 Å². The van der Waals surface area contributed by atoms with Crippen molar-refractivity contribution in [1.82, 2.24) is 0 Å². The molecule has 0 aliphatic carbocycles. The first-order valence-electron chi connectivity index (χ1n) is 6.00. The molecule has 0 amide bonds. The van der Waals surface area contributed by atoms with Crippen LogP contribution in [0.15, 0.2) is 30.3 Å². The largest absolute Gasteiger partial charge is 0.353 e. The summed E-state index contributed by atoms with van der Waals surface area (Å²) in [5, 5.41) is 0. The number of ether oxygens (including phenoxy) is 2. The summed E-state index contributed by atoms with van der Waals surface area (Å²) in [6.07, 6.45) is 1.74. The number of hydrogen-bond donors (Lipinski definition) is 1. The molecule has 0 bridgehead atoms. The molecule has 0 saturated carbocycles. The molecule has 1 aromatic carbocycles. The fourth-order valence-corrected chi connectivity index (χ4v) is 2.01. The average molecular weight is 237 g/mol. The molecule has 17 heavy (non-hydrogen) atoms. The van der Waals surface area contributed by atoms with E-state index in [1.165, 1.54) is 5.56 Å². The summed E-state index contributed by atoms with van der Waals surface area (Å²) in [7, 11) is 3.35. The Bertz CT molecular complexity index is 309. The molecular weight excluding hydrogens is 214 g/mol. The van der Waals surface area contributed by atoms with Gasteiger partial charge in [-0.1, -0.05) is 30.3 Å². The lowest BCUT2D eigenvalue weighted by Crippen LogP contribution is -2.32. The third-order valence-electron chi connectivity index (χ3n) is 3.27. The van der Waals surface area contributed by atoms with E-state index in [4.69, 9.17) is 15.2 Å². The summed E-state index contributed by atoms with van der Waals surface area (Å²) in [4.78, 5) is 0. The second-order valence-electron chi connectivity index (χ2n) is 4.43. The first kappa shape index (κ1) is 14.2. The smallest absolute Gasteiger partial charge is 0.165 e. The zero-order chi connectivity index (χ0) is 12.7. The molecule has 0 saturated heterocycles. The van der Waals surface area contributed by atoms with Crippen LogP contribution in [0.5, 0.6) is 0 Å². The van der Waals surface area contributed by atoms with Gasteiger partial charge in [-0.25, -0.2) is 0 Å². The van der Waals surface area contributed by atoms with Gasteiger partial charge in [-0.15, -0.1) is 0 Å². The van der Waals surface area contributed by atoms with Crippen molar-refractivity contribution >= 4 is 0 Å². The number of nitrogens with two attached hydrogens (primary N) is 1. The molecule has 3 heteroatoms. The highest BCUT2D eigenvalue weighted by atomic mass is 16.7. The first-order chi connectivity index (χ1) is 8.15. The topological polar surface area (TPSA) is 44.5 Å². The van der Waals surface area contributed by atoms with E-state index in [2.05, 4.69) is 24.3 Å². The quantitative estimate of drug-likeness (QED) is 0.741. The Kier molecular flexibility index (Phi) is 5.62. The Labute approximate surface area is 104 Å². The van der Waals surface area contributed by atoms with E-state index < -0.39 is 5.79 Å². The van der Waals surface area contributed by atoms with Gasteiger partial charge in [0.2, 0.25) is 0 Å². The summed E-state index contributed by atoms with van der Waals surface area (Å²) in [6, 6.07) is 10.4. The molecule has 0 aliphatic heterocycles. The molecule has 0 aliphatic rings. The Morgan fingerprint density at radius 3 is 2.24 bits per heavy atom. The fourth-order valence-electron chi connectivity index (χ4n) is 2.01. The van der Waals surface area contributed by atoms with Crippen LogP contribution in [0.25, 0.3) is 0 Å². The van der Waals surface area contributed by atoms with Crippen molar-refractivity contribution in [2.75, 3.05) is 20.8 Å². The molecule has 3 nitrogen and oxygen atoms in total. The van der Waals surface area contributed by atoms with Gasteiger partial charge in [-0.2, -0.15) is 0 Å². The Balaban J connectivity index is 2.80. The zero-order valence-corrected chi connectivity index (χ0v) is 11.0. The maximum Gasteiger partial charge on any atom is 0.165 e. The van der Waals surface area contributed by atoms with Crippen molar-refractivity contribution in [2.45, 2.75) is 31.5 Å². The Hall–Kier alpha value is -0.900. The van der Waals surface area contributed by atoms with Gasteiger partial charge >= 0.3 is 0 Å². The van der Waals surface area contributed by atoms with E-state index >= 15 is 0 Å². The van der Waals surface area contributed by atoms with Crippen molar-refractivity contribution in [2.24, 2.45) is 5.73 Å². The van der Waals surface area contributed by atoms with Gasteiger partial charge in [0.1, 0.15) is 0 Å². The Morgan fingerprint density at radius 1 is 1.18 bits per heavy atom. The maximum atomic E-state index is 5.69. The van der Waals surface area contributed by atoms with Gasteiger partial charge in [0.15, 0.2) is 5.79 Å². The summed E-state index contributed by atoms with van der Waals surface area (Å²) >= 11 is 0. The minimum absolute atomic E-state index is 0.367. The van der Waals surface area contributed by atoms with Crippen molar-refractivity contribution in [3.8, 4) is 0 Å². The third kappa shape index (κ3) is 4.11. The standard InChI is InChI=1S/C14H23NO2/c1-14(16-2,17-3)11-13(9-10-15)12-7-5-4-6-8-12/h4-8,13H,9-11,15H2,1-3H3. The summed E-state index contributed by atoms with van der Waals surface area (Å²) < 4.78 is 10.8. The molecule has 96 valence electrons. The van der Waals surface area contributed by atoms with Gasteiger partial charge in [0.25, 0.3) is 0 Å². The predicted octanol–water partition coefficient (Wildman–Crippen LogP) is 2.52. The summed E-state index contributed by atoms with van der Waals surface area (Å²) in [5.74, 6) is -0.179. The highest BCUT2D eigenvalue weighted by molar-refractivity contribution is 5.19. The number of methoxy groups -OCH3 is 2. The molecular formula is C14H23NO2. The van der Waals surface area contributed by atoms with Crippen molar-refractivity contribution in [3.05, 3.63) is 35.9 Å². The minimum atomic E-state index is -0.546. The van der Waals surface area contributed by atoms with Crippen LogP contribution in [0.3, 0.4) is 0 Å². The highest BCUT2D eigenvalue weighted by Gasteiger charge is 2.27. The summed E-state index contributed by atoms with van der Waals surface area (Å²) in [6.45, 7) is 2.63. The van der Waals surface area contributed by atoms with Crippen molar-refractivity contribution < 1.29 is 9.47 Å². The van der Waals surface area contributed by atoms with Crippen LogP contribution >= 0.6 is 0 Å². The number of rotatable bonds is 7. The number of hydrogen-bond acceptors (Lipinski definition) is 3. The van der Waals surface area contributed by atoms with E-state index in [1.807, 2.05) is 13.0 Å². The number of benzene rings is 1. The van der Waals surface area contributed by atoms with E-state index in [0.29, 0.717) is 12.5 Å². The lowest BCUT2D eigenvalue weighted by atomic mass is 9.89. The van der Waals surface area contributed by atoms with Crippen LogP contribution in [0.2, 0.25) is 0 Å². The van der Waals surface area contributed by atoms with E-state index in [0.717, 1.165) is 12.8 Å². The molecule has 1 atom stereocenters. The first-order valence-corrected chi connectivity index (χ1v) is 6.00. The monoisotopic (exact) mass is 237 g/mol. The second-order valence-corrected chi connectivity index (χ2v) is 4.43. The molecule has 1 unspecified atom stereocenters. The maximum absolute atomic E-state index is 5.69. The average Bonchev–Trinajstić information content (AvgIpc) is 2.39. The van der Waals surface area contributed by atoms with Crippen molar-refractivity contribution in [3.63, 3.8) is 0 Å². The fraction of sp³-hybridized carbons (Fsp3) is 0.571. The van der Waals surface area contributed by atoms with E-state index in [1.54, 1.807) is 14.2 Å². The zero-order valence-electron chi connectivity index (χ0n) is 11.0. The van der Waals surface area contributed by atoms with Crippen LogP contribution in [-0.2, 0) is 9.47 Å². The molecule has 0 heterocycles. The third-order valence-corrected chi connectivity index (χ3v) is 3.27. The molecule has 0 aromatic heterocycles. The van der Waals surface area contributed by atoms with Crippen LogP contribution in [0.1, 0.15) is 31.2 Å². The molecule has 0 fully saturated rings. The lowest BCUT2D eigenvalue weighted by Gasteiger charge is -2.31.